The van der Waals surface area contributed by atoms with Crippen LogP contribution >= 0.6 is 0 Å². The number of carbonyl (C=O) groups excluding carboxylic acids is 2. The average molecular weight is 457 g/mol. The molecule has 2 amide bonds. The zero-order valence-electron chi connectivity index (χ0n) is 19.2. The number of amides is 2. The zero-order chi connectivity index (χ0) is 23.8. The van der Waals surface area contributed by atoms with E-state index in [0.717, 1.165) is 11.3 Å². The van der Waals surface area contributed by atoms with E-state index in [2.05, 4.69) is 0 Å². The molecule has 0 saturated carbocycles. The minimum absolute atomic E-state index is 0.215. The van der Waals surface area contributed by atoms with Crippen LogP contribution in [0, 0.1) is 5.82 Å². The Labute approximate surface area is 193 Å². The van der Waals surface area contributed by atoms with Crippen LogP contribution in [0.3, 0.4) is 0 Å². The van der Waals surface area contributed by atoms with Crippen LogP contribution in [-0.2, 0) is 19.1 Å². The van der Waals surface area contributed by atoms with Crippen molar-refractivity contribution in [2.45, 2.75) is 13.3 Å². The first-order valence-electron chi connectivity index (χ1n) is 10.9. The first kappa shape index (κ1) is 24.4. The van der Waals surface area contributed by atoms with E-state index in [1.54, 1.807) is 43.4 Å². The number of imide groups is 1. The second kappa shape index (κ2) is 11.6. The smallest absolute Gasteiger partial charge is 0.282 e. The molecule has 2 aromatic rings. The Morgan fingerprint density at radius 3 is 2.18 bits per heavy atom. The summed E-state index contributed by atoms with van der Waals surface area (Å²) in [6.45, 7) is 3.99. The maximum absolute atomic E-state index is 13.7. The summed E-state index contributed by atoms with van der Waals surface area (Å²) in [6, 6.07) is 12.4. The topological polar surface area (TPSA) is 68.3 Å². The highest BCUT2D eigenvalue weighted by atomic mass is 19.1. The predicted octanol–water partition coefficient (Wildman–Crippen LogP) is 3.49. The van der Waals surface area contributed by atoms with Gasteiger partial charge in [0.2, 0.25) is 0 Å². The van der Waals surface area contributed by atoms with Gasteiger partial charge in [-0.05, 0) is 36.2 Å². The molecule has 176 valence electrons. The molecule has 1 aliphatic rings. The number of halogens is 1. The first-order valence-corrected chi connectivity index (χ1v) is 10.9. The number of hydrogen-bond donors (Lipinski definition) is 0. The number of anilines is 1. The second-order valence-corrected chi connectivity index (χ2v) is 7.49. The molecule has 1 heterocycles. The third-order valence-electron chi connectivity index (χ3n) is 5.19. The molecule has 7 nitrogen and oxygen atoms in total. The van der Waals surface area contributed by atoms with E-state index in [1.807, 2.05) is 6.92 Å². The molecule has 1 aliphatic heterocycles. The van der Waals surface area contributed by atoms with Gasteiger partial charge < -0.3 is 19.1 Å². The van der Waals surface area contributed by atoms with E-state index >= 15 is 0 Å². The Morgan fingerprint density at radius 1 is 0.909 bits per heavy atom. The summed E-state index contributed by atoms with van der Waals surface area (Å²) in [5, 5.41) is 0. The van der Waals surface area contributed by atoms with Crippen LogP contribution < -0.4 is 9.64 Å². The maximum atomic E-state index is 13.7. The molecule has 0 atom stereocenters. The van der Waals surface area contributed by atoms with Gasteiger partial charge in [0.15, 0.2) is 0 Å². The minimum Gasteiger partial charge on any atom is -0.494 e. The molecule has 2 aromatic carbocycles. The molecule has 3 rings (SSSR count). The van der Waals surface area contributed by atoms with Gasteiger partial charge in [-0.25, -0.2) is 9.29 Å². The quantitative estimate of drug-likeness (QED) is 0.456. The van der Waals surface area contributed by atoms with Crippen LogP contribution in [-0.4, -0.2) is 63.8 Å². The summed E-state index contributed by atoms with van der Waals surface area (Å²) >= 11 is 0. The lowest BCUT2D eigenvalue weighted by Gasteiger charge is -2.25. The maximum Gasteiger partial charge on any atom is 0.282 e. The van der Waals surface area contributed by atoms with Gasteiger partial charge >= 0.3 is 0 Å². The van der Waals surface area contributed by atoms with Gasteiger partial charge in [-0.2, -0.15) is 0 Å². The lowest BCUT2D eigenvalue weighted by Crippen LogP contribution is -2.37. The predicted molar refractivity (Wildman–Crippen MR) is 123 cm³/mol. The standard InChI is InChI=1S/C25H29FN2O5/c1-4-14-33-21-7-5-6-20(17-21)28-24(29)22(18-8-10-19(26)11-9-18)23(25(28)30)27(12-15-31-2)13-16-32-3/h5-11,17H,4,12-16H2,1-3H3. The van der Waals surface area contributed by atoms with Crippen molar-refractivity contribution in [3.63, 3.8) is 0 Å². The third kappa shape index (κ3) is 5.58. The van der Waals surface area contributed by atoms with E-state index in [9.17, 15) is 14.0 Å². The van der Waals surface area contributed by atoms with Crippen molar-refractivity contribution in [2.24, 2.45) is 0 Å². The highest BCUT2D eigenvalue weighted by Gasteiger charge is 2.42. The molecule has 0 aromatic heterocycles. The Balaban J connectivity index is 2.07. The van der Waals surface area contributed by atoms with Crippen LogP contribution in [0.1, 0.15) is 18.9 Å². The summed E-state index contributed by atoms with van der Waals surface area (Å²) in [5.41, 5.74) is 1.32. The van der Waals surface area contributed by atoms with E-state index in [4.69, 9.17) is 14.2 Å². The number of benzene rings is 2. The van der Waals surface area contributed by atoms with Gasteiger partial charge in [0, 0.05) is 33.4 Å². The monoisotopic (exact) mass is 456 g/mol. The summed E-state index contributed by atoms with van der Waals surface area (Å²) < 4.78 is 29.7. The minimum atomic E-state index is -0.478. The van der Waals surface area contributed by atoms with Crippen LogP contribution in [0.5, 0.6) is 5.75 Å². The Hall–Kier alpha value is -3.23. The summed E-state index contributed by atoms with van der Waals surface area (Å²) in [7, 11) is 3.14. The van der Waals surface area contributed by atoms with Crippen molar-refractivity contribution in [1.29, 1.82) is 0 Å². The summed E-state index contributed by atoms with van der Waals surface area (Å²) in [5.74, 6) is -0.790. The van der Waals surface area contributed by atoms with Crippen LogP contribution in [0.2, 0.25) is 0 Å². The molecule has 0 bridgehead atoms. The average Bonchev–Trinajstić information content (AvgIpc) is 3.08. The van der Waals surface area contributed by atoms with Crippen molar-refractivity contribution in [1.82, 2.24) is 4.90 Å². The van der Waals surface area contributed by atoms with Crippen molar-refractivity contribution in [3.8, 4) is 5.75 Å². The molecule has 0 aliphatic carbocycles. The lowest BCUT2D eigenvalue weighted by molar-refractivity contribution is -0.120. The number of nitrogens with zero attached hydrogens (tertiary/aromatic N) is 2. The molecular weight excluding hydrogens is 427 g/mol. The number of ether oxygens (including phenoxy) is 3. The van der Waals surface area contributed by atoms with Gasteiger partial charge in [-0.1, -0.05) is 25.1 Å². The van der Waals surface area contributed by atoms with E-state index in [1.165, 1.54) is 24.3 Å². The molecule has 0 saturated heterocycles. The third-order valence-corrected chi connectivity index (χ3v) is 5.19. The normalized spacial score (nSPS) is 13.8. The van der Waals surface area contributed by atoms with Gasteiger partial charge in [-0.3, -0.25) is 9.59 Å². The fraction of sp³-hybridized carbons (Fsp3) is 0.360. The number of carbonyl (C=O) groups is 2. The molecule has 0 N–H and O–H groups in total. The van der Waals surface area contributed by atoms with Crippen molar-refractivity contribution < 1.29 is 28.2 Å². The second-order valence-electron chi connectivity index (χ2n) is 7.49. The fourth-order valence-electron chi connectivity index (χ4n) is 3.59. The Bertz CT molecular complexity index is 998. The zero-order valence-corrected chi connectivity index (χ0v) is 19.2. The SMILES string of the molecule is CCCOc1cccc(N2C(=O)C(c3ccc(F)cc3)=C(N(CCOC)CCOC)C2=O)c1. The molecule has 0 spiro atoms. The van der Waals surface area contributed by atoms with E-state index in [-0.39, 0.29) is 11.3 Å². The highest BCUT2D eigenvalue weighted by Crippen LogP contribution is 2.35. The summed E-state index contributed by atoms with van der Waals surface area (Å²) in [6.07, 6.45) is 0.834. The van der Waals surface area contributed by atoms with Crippen molar-refractivity contribution in [2.75, 3.05) is 52.0 Å². The van der Waals surface area contributed by atoms with Crippen LogP contribution in [0.4, 0.5) is 10.1 Å². The Kier molecular flexibility index (Phi) is 8.57. The van der Waals surface area contributed by atoms with Crippen molar-refractivity contribution in [3.05, 3.63) is 65.6 Å². The van der Waals surface area contributed by atoms with Gasteiger partial charge in [-0.15, -0.1) is 0 Å². The fourth-order valence-corrected chi connectivity index (χ4v) is 3.59. The van der Waals surface area contributed by atoms with Crippen molar-refractivity contribution >= 4 is 23.1 Å². The molecule has 8 heteroatoms. The Morgan fingerprint density at radius 2 is 1.58 bits per heavy atom. The number of methoxy groups -OCH3 is 2. The first-order chi connectivity index (χ1) is 16.0. The lowest BCUT2D eigenvalue weighted by atomic mass is 10.0. The van der Waals surface area contributed by atoms with Crippen LogP contribution in [0.25, 0.3) is 5.57 Å². The molecule has 0 fully saturated rings. The molecule has 33 heavy (non-hydrogen) atoms. The number of rotatable bonds is 12. The largest absolute Gasteiger partial charge is 0.494 e. The molecular formula is C25H29FN2O5. The highest BCUT2D eigenvalue weighted by molar-refractivity contribution is 6.45. The van der Waals surface area contributed by atoms with E-state index in [0.29, 0.717) is 49.9 Å². The van der Waals surface area contributed by atoms with Crippen LogP contribution in [0.15, 0.2) is 54.2 Å². The van der Waals surface area contributed by atoms with Gasteiger partial charge in [0.1, 0.15) is 17.3 Å². The number of hydrogen-bond acceptors (Lipinski definition) is 6. The van der Waals surface area contributed by atoms with E-state index < -0.39 is 17.6 Å². The molecule has 0 radical (unpaired) electrons. The summed E-state index contributed by atoms with van der Waals surface area (Å²) in [4.78, 5) is 30.2. The van der Waals surface area contributed by atoms with Gasteiger partial charge in [0.05, 0.1) is 31.1 Å². The van der Waals surface area contributed by atoms with Gasteiger partial charge in [0.25, 0.3) is 11.8 Å². The molecule has 0 unspecified atom stereocenters.